The van der Waals surface area contributed by atoms with Crippen molar-refractivity contribution in [3.8, 4) is 0 Å². The van der Waals surface area contributed by atoms with Crippen molar-refractivity contribution in [1.29, 1.82) is 0 Å². The summed E-state index contributed by atoms with van der Waals surface area (Å²) in [5.74, 6) is -0.104. The highest BCUT2D eigenvalue weighted by Gasteiger charge is 2.28. The number of rotatable bonds is 9. The van der Waals surface area contributed by atoms with Gasteiger partial charge in [0, 0.05) is 24.2 Å². The molecule has 142 valence electrons. The van der Waals surface area contributed by atoms with Gasteiger partial charge in [-0.05, 0) is 45.0 Å². The van der Waals surface area contributed by atoms with Gasteiger partial charge in [0.15, 0.2) is 11.3 Å². The first-order chi connectivity index (χ1) is 12.5. The summed E-state index contributed by atoms with van der Waals surface area (Å²) in [6, 6.07) is 2.89. The van der Waals surface area contributed by atoms with Gasteiger partial charge in [0.2, 0.25) is 0 Å². The lowest BCUT2D eigenvalue weighted by atomic mass is 10.2. The van der Waals surface area contributed by atoms with Crippen LogP contribution < -0.4 is 5.32 Å². The SMILES string of the molecule is CCN(CC)CCCNC(=O)c1cc2nc(C3CC3)cc(C(F)F)n2n1. The molecule has 1 aliphatic carbocycles. The van der Waals surface area contributed by atoms with Gasteiger partial charge < -0.3 is 10.2 Å². The van der Waals surface area contributed by atoms with E-state index < -0.39 is 6.43 Å². The summed E-state index contributed by atoms with van der Waals surface area (Å²) in [4.78, 5) is 19.0. The second-order valence-electron chi connectivity index (χ2n) is 6.62. The van der Waals surface area contributed by atoms with Crippen molar-refractivity contribution >= 4 is 11.6 Å². The zero-order valence-corrected chi connectivity index (χ0v) is 15.2. The molecule has 0 spiro atoms. The fraction of sp³-hybridized carbons (Fsp3) is 0.611. The van der Waals surface area contributed by atoms with Crippen LogP contribution in [-0.2, 0) is 0 Å². The predicted octanol–water partition coefficient (Wildman–Crippen LogP) is 3.01. The van der Waals surface area contributed by atoms with Crippen molar-refractivity contribution in [2.45, 2.75) is 45.5 Å². The largest absolute Gasteiger partial charge is 0.351 e. The molecule has 0 aliphatic heterocycles. The highest BCUT2D eigenvalue weighted by molar-refractivity contribution is 5.93. The number of hydrogen-bond donors (Lipinski definition) is 1. The molecule has 1 amide bonds. The molecule has 6 nitrogen and oxygen atoms in total. The molecule has 0 radical (unpaired) electrons. The van der Waals surface area contributed by atoms with Crippen LogP contribution in [0.3, 0.4) is 0 Å². The Morgan fingerprint density at radius 1 is 1.35 bits per heavy atom. The maximum absolute atomic E-state index is 13.4. The molecule has 0 atom stereocenters. The second kappa shape index (κ2) is 8.07. The van der Waals surface area contributed by atoms with Crippen molar-refractivity contribution in [3.05, 3.63) is 29.2 Å². The van der Waals surface area contributed by atoms with E-state index in [1.807, 2.05) is 0 Å². The molecule has 2 aromatic rings. The number of hydrogen-bond acceptors (Lipinski definition) is 4. The number of halogens is 2. The summed E-state index contributed by atoms with van der Waals surface area (Å²) >= 11 is 0. The number of nitrogens with one attached hydrogen (secondary N) is 1. The molecule has 1 aliphatic rings. The first-order valence-electron chi connectivity index (χ1n) is 9.22. The number of fused-ring (bicyclic) bond motifs is 1. The van der Waals surface area contributed by atoms with Crippen LogP contribution in [0.15, 0.2) is 12.1 Å². The second-order valence-corrected chi connectivity index (χ2v) is 6.62. The Morgan fingerprint density at radius 3 is 2.69 bits per heavy atom. The number of alkyl halides is 2. The minimum atomic E-state index is -2.66. The van der Waals surface area contributed by atoms with E-state index in [9.17, 15) is 13.6 Å². The lowest BCUT2D eigenvalue weighted by molar-refractivity contribution is 0.0945. The summed E-state index contributed by atoms with van der Waals surface area (Å²) in [5, 5.41) is 6.86. The molecule has 1 N–H and O–H groups in total. The molecule has 2 aromatic heterocycles. The number of aromatic nitrogens is 3. The van der Waals surface area contributed by atoms with Crippen LogP contribution in [0.2, 0.25) is 0 Å². The van der Waals surface area contributed by atoms with E-state index in [1.54, 1.807) is 0 Å². The average molecular weight is 365 g/mol. The summed E-state index contributed by atoms with van der Waals surface area (Å²) in [6.45, 7) is 7.57. The van der Waals surface area contributed by atoms with Gasteiger partial charge in [0.1, 0.15) is 5.69 Å². The number of nitrogens with zero attached hydrogens (tertiary/aromatic N) is 4. The van der Waals surface area contributed by atoms with Crippen LogP contribution in [0.5, 0.6) is 0 Å². The number of carbonyl (C=O) groups excluding carboxylic acids is 1. The molecule has 0 aromatic carbocycles. The van der Waals surface area contributed by atoms with E-state index in [2.05, 4.69) is 34.1 Å². The molecular formula is C18H25F2N5O. The zero-order valence-electron chi connectivity index (χ0n) is 15.2. The maximum Gasteiger partial charge on any atom is 0.280 e. The molecule has 3 rings (SSSR count). The Hall–Kier alpha value is -2.09. The Kier molecular flexibility index (Phi) is 5.80. The van der Waals surface area contributed by atoms with Crippen LogP contribution in [-0.4, -0.2) is 51.6 Å². The van der Waals surface area contributed by atoms with Gasteiger partial charge in [-0.3, -0.25) is 4.79 Å². The van der Waals surface area contributed by atoms with Crippen LogP contribution in [0, 0.1) is 0 Å². The first kappa shape index (κ1) is 18.7. The van der Waals surface area contributed by atoms with E-state index in [4.69, 9.17) is 0 Å². The Bertz CT molecular complexity index is 768. The van der Waals surface area contributed by atoms with E-state index in [0.717, 1.165) is 43.4 Å². The quantitative estimate of drug-likeness (QED) is 0.694. The Morgan fingerprint density at radius 2 is 2.08 bits per heavy atom. The lowest BCUT2D eigenvalue weighted by Gasteiger charge is -2.17. The number of carbonyl (C=O) groups is 1. The van der Waals surface area contributed by atoms with Crippen molar-refractivity contribution < 1.29 is 13.6 Å². The fourth-order valence-electron chi connectivity index (χ4n) is 3.01. The zero-order chi connectivity index (χ0) is 18.7. The highest BCUT2D eigenvalue weighted by Crippen LogP contribution is 2.40. The summed E-state index contributed by atoms with van der Waals surface area (Å²) in [7, 11) is 0. The Labute approximate surface area is 151 Å². The van der Waals surface area contributed by atoms with Gasteiger partial charge in [-0.2, -0.15) is 5.10 Å². The van der Waals surface area contributed by atoms with Gasteiger partial charge in [0.05, 0.1) is 0 Å². The average Bonchev–Trinajstić information content (AvgIpc) is 3.39. The molecule has 8 heteroatoms. The van der Waals surface area contributed by atoms with E-state index in [-0.39, 0.29) is 23.2 Å². The number of amides is 1. The third-order valence-electron chi connectivity index (χ3n) is 4.76. The summed E-state index contributed by atoms with van der Waals surface area (Å²) < 4.78 is 27.8. The molecular weight excluding hydrogens is 340 g/mol. The van der Waals surface area contributed by atoms with Crippen molar-refractivity contribution in [2.24, 2.45) is 0 Å². The molecule has 1 fully saturated rings. The summed E-state index contributed by atoms with van der Waals surface area (Å²) in [5.41, 5.74) is 0.879. The summed E-state index contributed by atoms with van der Waals surface area (Å²) in [6.07, 6.45) is 0.107. The van der Waals surface area contributed by atoms with Gasteiger partial charge in [-0.25, -0.2) is 18.3 Å². The third-order valence-corrected chi connectivity index (χ3v) is 4.76. The molecule has 2 heterocycles. The first-order valence-corrected chi connectivity index (χ1v) is 9.22. The molecule has 26 heavy (non-hydrogen) atoms. The Balaban J connectivity index is 1.69. The van der Waals surface area contributed by atoms with E-state index >= 15 is 0 Å². The van der Waals surface area contributed by atoms with Gasteiger partial charge in [0.25, 0.3) is 12.3 Å². The van der Waals surface area contributed by atoms with E-state index in [1.165, 1.54) is 12.1 Å². The highest BCUT2D eigenvalue weighted by atomic mass is 19.3. The van der Waals surface area contributed by atoms with Crippen molar-refractivity contribution in [3.63, 3.8) is 0 Å². The van der Waals surface area contributed by atoms with Crippen LogP contribution in [0.1, 0.15) is 67.3 Å². The maximum atomic E-state index is 13.4. The molecule has 0 unspecified atom stereocenters. The monoisotopic (exact) mass is 365 g/mol. The fourth-order valence-corrected chi connectivity index (χ4v) is 3.01. The van der Waals surface area contributed by atoms with Crippen molar-refractivity contribution in [2.75, 3.05) is 26.2 Å². The van der Waals surface area contributed by atoms with Crippen molar-refractivity contribution in [1.82, 2.24) is 24.8 Å². The van der Waals surface area contributed by atoms with Crippen LogP contribution >= 0.6 is 0 Å². The lowest BCUT2D eigenvalue weighted by Crippen LogP contribution is -2.30. The van der Waals surface area contributed by atoms with Gasteiger partial charge in [-0.1, -0.05) is 13.8 Å². The topological polar surface area (TPSA) is 62.5 Å². The molecule has 1 saturated carbocycles. The smallest absolute Gasteiger partial charge is 0.280 e. The van der Waals surface area contributed by atoms with E-state index in [0.29, 0.717) is 17.9 Å². The molecule has 0 saturated heterocycles. The van der Waals surface area contributed by atoms with Gasteiger partial charge >= 0.3 is 0 Å². The third kappa shape index (κ3) is 4.17. The van der Waals surface area contributed by atoms with Crippen LogP contribution in [0.4, 0.5) is 8.78 Å². The van der Waals surface area contributed by atoms with Gasteiger partial charge in [-0.15, -0.1) is 0 Å². The normalized spacial score (nSPS) is 14.5. The van der Waals surface area contributed by atoms with Crippen LogP contribution in [0.25, 0.3) is 5.65 Å². The minimum Gasteiger partial charge on any atom is -0.351 e. The predicted molar refractivity (Wildman–Crippen MR) is 94.7 cm³/mol. The molecule has 0 bridgehead atoms. The standard InChI is InChI=1S/C18H25F2N5O/c1-3-24(4-2)9-5-8-21-18(26)14-11-16-22-13(12-6-7-12)10-15(17(19)20)25(16)23-14/h10-12,17H,3-9H2,1-2H3,(H,21,26). The minimum absolute atomic E-state index is 0.121.